The van der Waals surface area contributed by atoms with Gasteiger partial charge in [0.2, 0.25) is 0 Å². The average molecular weight is 540 g/mol. The van der Waals surface area contributed by atoms with Gasteiger partial charge in [-0.15, -0.1) is 6.42 Å². The highest BCUT2D eigenvalue weighted by atomic mass is 16.6. The van der Waals surface area contributed by atoms with Gasteiger partial charge in [0.1, 0.15) is 0 Å². The summed E-state index contributed by atoms with van der Waals surface area (Å²) in [6, 6.07) is 35.9. The van der Waals surface area contributed by atoms with Gasteiger partial charge in [-0.1, -0.05) is 95.7 Å². The van der Waals surface area contributed by atoms with E-state index in [0.29, 0.717) is 5.56 Å². The molecule has 0 aliphatic carbocycles. The molecule has 0 spiro atoms. The maximum absolute atomic E-state index is 13.1. The summed E-state index contributed by atoms with van der Waals surface area (Å²) in [5.74, 6) is 8.80. The molecular formula is C38H37NO2. The predicted molar refractivity (Wildman–Crippen MR) is 169 cm³/mol. The van der Waals surface area contributed by atoms with E-state index >= 15 is 0 Å². The molecule has 0 atom stereocenters. The summed E-state index contributed by atoms with van der Waals surface area (Å²) in [6.07, 6.45) is 5.96. The van der Waals surface area contributed by atoms with Crippen LogP contribution in [0.3, 0.4) is 0 Å². The van der Waals surface area contributed by atoms with E-state index in [1.54, 1.807) is 12.1 Å². The Balaban J connectivity index is 1.52. The van der Waals surface area contributed by atoms with Gasteiger partial charge in [0.15, 0.2) is 5.60 Å². The maximum atomic E-state index is 13.1. The van der Waals surface area contributed by atoms with Gasteiger partial charge < -0.3 is 9.64 Å². The molecule has 206 valence electrons. The quantitative estimate of drug-likeness (QED) is 0.187. The van der Waals surface area contributed by atoms with Crippen LogP contribution < -0.4 is 4.90 Å². The van der Waals surface area contributed by atoms with Crippen LogP contribution >= 0.6 is 0 Å². The van der Waals surface area contributed by atoms with Crippen LogP contribution in [0.5, 0.6) is 0 Å². The van der Waals surface area contributed by atoms with Crippen molar-refractivity contribution in [3.8, 4) is 24.2 Å². The number of hydrogen-bond acceptors (Lipinski definition) is 3. The number of para-hydroxylation sites is 2. The molecule has 0 unspecified atom stereocenters. The molecule has 4 rings (SSSR count). The monoisotopic (exact) mass is 539 g/mol. The van der Waals surface area contributed by atoms with Crippen LogP contribution in [0.15, 0.2) is 109 Å². The molecule has 0 saturated carbocycles. The zero-order valence-electron chi connectivity index (χ0n) is 24.7. The Kier molecular flexibility index (Phi) is 8.41. The minimum Gasteiger partial charge on any atom is -0.441 e. The molecule has 0 radical (unpaired) electrons. The second kappa shape index (κ2) is 11.8. The van der Waals surface area contributed by atoms with Gasteiger partial charge in [-0.2, -0.15) is 0 Å². The number of carbonyl (C=O) groups excluding carboxylic acids is 1. The maximum Gasteiger partial charge on any atom is 0.339 e. The first kappa shape index (κ1) is 29.3. The molecular weight excluding hydrogens is 502 g/mol. The number of carbonyl (C=O) groups is 1. The fraction of sp³-hybridized carbons (Fsp3) is 0.237. The van der Waals surface area contributed by atoms with Gasteiger partial charge in [-0.05, 0) is 72.8 Å². The molecule has 0 heterocycles. The van der Waals surface area contributed by atoms with Crippen molar-refractivity contribution in [1.82, 2.24) is 0 Å². The van der Waals surface area contributed by atoms with E-state index in [4.69, 9.17) is 11.2 Å². The molecule has 3 nitrogen and oxygen atoms in total. The van der Waals surface area contributed by atoms with E-state index in [2.05, 4.69) is 59.1 Å². The average Bonchev–Trinajstić information content (AvgIpc) is 2.95. The van der Waals surface area contributed by atoms with Crippen LogP contribution in [-0.4, -0.2) is 11.6 Å². The minimum absolute atomic E-state index is 0.440. The first-order valence-electron chi connectivity index (χ1n) is 13.8. The Morgan fingerprint density at radius 1 is 0.610 bits per heavy atom. The van der Waals surface area contributed by atoms with Crippen LogP contribution in [0, 0.1) is 35.0 Å². The highest BCUT2D eigenvalue weighted by molar-refractivity contribution is 5.90. The molecule has 41 heavy (non-hydrogen) atoms. The molecule has 0 saturated heterocycles. The normalized spacial score (nSPS) is 11.5. The number of terminal acetylenes is 1. The Morgan fingerprint density at radius 2 is 1.00 bits per heavy atom. The third-order valence-electron chi connectivity index (χ3n) is 7.19. The lowest BCUT2D eigenvalue weighted by atomic mass is 9.63. The molecule has 0 bridgehead atoms. The Morgan fingerprint density at radius 3 is 1.39 bits per heavy atom. The zero-order valence-corrected chi connectivity index (χ0v) is 24.7. The molecule has 0 fully saturated rings. The second-order valence-corrected chi connectivity index (χ2v) is 12.1. The summed E-state index contributed by atoms with van der Waals surface area (Å²) < 4.78 is 6.05. The van der Waals surface area contributed by atoms with Crippen molar-refractivity contribution >= 4 is 23.0 Å². The third kappa shape index (κ3) is 6.37. The number of esters is 1. The van der Waals surface area contributed by atoms with Crippen molar-refractivity contribution in [1.29, 1.82) is 0 Å². The van der Waals surface area contributed by atoms with Crippen LogP contribution in [0.25, 0.3) is 0 Å². The van der Waals surface area contributed by atoms with Gasteiger partial charge in [0.25, 0.3) is 0 Å². The molecule has 4 aromatic carbocycles. The van der Waals surface area contributed by atoms with Gasteiger partial charge in [-0.3, -0.25) is 0 Å². The number of rotatable bonds is 5. The second-order valence-electron chi connectivity index (χ2n) is 12.1. The SMILES string of the molecule is C#CC(OC(=O)c1ccc(C#Cc2ccc(N(c3ccccc3)c3ccccc3)cc2)cc1)(C(C)(C)C)C(C)(C)C. The standard InChI is InChI=1S/C38H37NO2/c1-8-38(36(2,3)4,37(5,6)7)41-35(40)31-25-21-29(22-26-31)19-20-30-23-27-34(28-24-30)39(32-15-11-9-12-16-32)33-17-13-10-14-18-33/h1,9-18,21-28H,2-7H3. The van der Waals surface area contributed by atoms with E-state index < -0.39 is 22.4 Å². The summed E-state index contributed by atoms with van der Waals surface area (Å²) in [4.78, 5) is 15.3. The smallest absolute Gasteiger partial charge is 0.339 e. The lowest BCUT2D eigenvalue weighted by molar-refractivity contribution is -0.102. The van der Waals surface area contributed by atoms with Crippen LogP contribution in [0.2, 0.25) is 0 Å². The fourth-order valence-corrected chi connectivity index (χ4v) is 5.22. The van der Waals surface area contributed by atoms with E-state index in [1.165, 1.54) is 0 Å². The van der Waals surface area contributed by atoms with Crippen LogP contribution in [0.1, 0.15) is 63.0 Å². The van der Waals surface area contributed by atoms with Gasteiger partial charge >= 0.3 is 5.97 Å². The number of benzene rings is 4. The van der Waals surface area contributed by atoms with Crippen molar-refractivity contribution in [2.45, 2.75) is 47.1 Å². The van der Waals surface area contributed by atoms with E-state index in [1.807, 2.05) is 102 Å². The number of ether oxygens (including phenoxy) is 1. The van der Waals surface area contributed by atoms with Crippen molar-refractivity contribution in [2.75, 3.05) is 4.90 Å². The topological polar surface area (TPSA) is 29.5 Å². The van der Waals surface area contributed by atoms with Crippen molar-refractivity contribution in [3.63, 3.8) is 0 Å². The molecule has 0 aliphatic heterocycles. The van der Waals surface area contributed by atoms with Gasteiger partial charge in [-0.25, -0.2) is 4.79 Å². The van der Waals surface area contributed by atoms with E-state index in [0.717, 1.165) is 28.2 Å². The lowest BCUT2D eigenvalue weighted by Gasteiger charge is -2.48. The van der Waals surface area contributed by atoms with Crippen LogP contribution in [-0.2, 0) is 4.74 Å². The van der Waals surface area contributed by atoms with Crippen molar-refractivity contribution in [3.05, 3.63) is 126 Å². The summed E-state index contributed by atoms with van der Waals surface area (Å²) in [6.45, 7) is 12.0. The lowest BCUT2D eigenvalue weighted by Crippen LogP contribution is -2.55. The molecule has 0 aliphatic rings. The zero-order chi connectivity index (χ0) is 29.7. The highest BCUT2D eigenvalue weighted by Gasteiger charge is 2.53. The summed E-state index contributed by atoms with van der Waals surface area (Å²) >= 11 is 0. The van der Waals surface area contributed by atoms with E-state index in [-0.39, 0.29) is 0 Å². The van der Waals surface area contributed by atoms with Gasteiger partial charge in [0.05, 0.1) is 5.56 Å². The fourth-order valence-electron chi connectivity index (χ4n) is 5.22. The molecule has 3 heteroatoms. The Hall–Kier alpha value is -4.73. The first-order valence-corrected chi connectivity index (χ1v) is 13.8. The molecule has 0 amide bonds. The Bertz CT molecular complexity index is 1520. The number of hydrogen-bond donors (Lipinski definition) is 0. The Labute approximate surface area is 245 Å². The van der Waals surface area contributed by atoms with E-state index in [9.17, 15) is 4.79 Å². The summed E-state index contributed by atoms with van der Waals surface area (Å²) in [5, 5.41) is 0. The third-order valence-corrected chi connectivity index (χ3v) is 7.19. The minimum atomic E-state index is -1.07. The van der Waals surface area contributed by atoms with Crippen molar-refractivity contribution < 1.29 is 9.53 Å². The largest absolute Gasteiger partial charge is 0.441 e. The molecule has 4 aromatic rings. The number of nitrogens with zero attached hydrogens (tertiary/aromatic N) is 1. The van der Waals surface area contributed by atoms with Gasteiger partial charge in [0, 0.05) is 39.0 Å². The molecule has 0 aromatic heterocycles. The predicted octanol–water partition coefficient (Wildman–Crippen LogP) is 9.18. The molecule has 0 N–H and O–H groups in total. The van der Waals surface area contributed by atoms with Crippen LogP contribution in [0.4, 0.5) is 17.1 Å². The summed E-state index contributed by atoms with van der Waals surface area (Å²) in [5.41, 5.74) is 3.38. The first-order chi connectivity index (χ1) is 19.4. The summed E-state index contributed by atoms with van der Waals surface area (Å²) in [7, 11) is 0. The highest BCUT2D eigenvalue weighted by Crippen LogP contribution is 2.47. The number of anilines is 3. The van der Waals surface area contributed by atoms with Crippen molar-refractivity contribution in [2.24, 2.45) is 10.8 Å².